The molecule has 2 heterocycles. The van der Waals surface area contributed by atoms with Gasteiger partial charge in [-0.3, -0.25) is 15.0 Å². The van der Waals surface area contributed by atoms with Gasteiger partial charge in [0, 0.05) is 31.9 Å². The van der Waals surface area contributed by atoms with Gasteiger partial charge in [-0.15, -0.1) is 0 Å². The van der Waals surface area contributed by atoms with Crippen molar-refractivity contribution in [3.8, 4) is 0 Å². The number of anilines is 3. The van der Waals surface area contributed by atoms with Gasteiger partial charge >= 0.3 is 5.69 Å². The first kappa shape index (κ1) is 19.0. The first-order valence-electron chi connectivity index (χ1n) is 8.92. The topological polar surface area (TPSA) is 105 Å². The molecule has 9 heteroatoms. The number of nitro groups is 1. The average molecular weight is 372 g/mol. The van der Waals surface area contributed by atoms with Gasteiger partial charge in [-0.2, -0.15) is 0 Å². The molecule has 1 aromatic carbocycles. The van der Waals surface area contributed by atoms with Crippen LogP contribution >= 0.6 is 0 Å². The molecule has 0 spiro atoms. The van der Waals surface area contributed by atoms with Crippen molar-refractivity contribution in [3.05, 3.63) is 45.8 Å². The van der Waals surface area contributed by atoms with Crippen LogP contribution in [0, 0.1) is 24.0 Å². The number of morpholine rings is 1. The van der Waals surface area contributed by atoms with Crippen LogP contribution in [-0.2, 0) is 4.74 Å². The van der Waals surface area contributed by atoms with Crippen LogP contribution in [0.5, 0.6) is 0 Å². The van der Waals surface area contributed by atoms with E-state index in [0.717, 1.165) is 49.7 Å². The molecule has 0 unspecified atom stereocenters. The number of nitrogens with zero attached hydrogens (tertiary/aromatic N) is 4. The number of rotatable bonds is 7. The molecular weight excluding hydrogens is 348 g/mol. The van der Waals surface area contributed by atoms with Crippen molar-refractivity contribution in [1.29, 1.82) is 0 Å². The second kappa shape index (κ2) is 8.74. The molecule has 1 saturated heterocycles. The van der Waals surface area contributed by atoms with Gasteiger partial charge in [-0.05, 0) is 31.0 Å². The van der Waals surface area contributed by atoms with Crippen molar-refractivity contribution in [1.82, 2.24) is 14.9 Å². The fourth-order valence-electron chi connectivity index (χ4n) is 2.93. The summed E-state index contributed by atoms with van der Waals surface area (Å²) < 4.78 is 5.32. The molecule has 1 aliphatic rings. The summed E-state index contributed by atoms with van der Waals surface area (Å²) >= 11 is 0. The van der Waals surface area contributed by atoms with Gasteiger partial charge in [-0.25, -0.2) is 9.97 Å². The van der Waals surface area contributed by atoms with Crippen molar-refractivity contribution >= 4 is 23.0 Å². The highest BCUT2D eigenvalue weighted by Crippen LogP contribution is 2.32. The van der Waals surface area contributed by atoms with E-state index in [1.54, 1.807) is 0 Å². The third-order valence-electron chi connectivity index (χ3n) is 4.48. The quantitative estimate of drug-likeness (QED) is 0.564. The summed E-state index contributed by atoms with van der Waals surface area (Å²) in [4.78, 5) is 21.6. The largest absolute Gasteiger partial charge is 0.379 e. The average Bonchev–Trinajstić information content (AvgIpc) is 2.65. The molecule has 0 radical (unpaired) electrons. The predicted molar refractivity (Wildman–Crippen MR) is 104 cm³/mol. The number of hydrogen-bond acceptors (Lipinski definition) is 8. The lowest BCUT2D eigenvalue weighted by atomic mass is 10.1. The number of benzene rings is 1. The van der Waals surface area contributed by atoms with Gasteiger partial charge in [0.1, 0.15) is 6.33 Å². The first-order chi connectivity index (χ1) is 13.0. The summed E-state index contributed by atoms with van der Waals surface area (Å²) in [5.74, 6) is 0.397. The Kier molecular flexibility index (Phi) is 6.15. The second-order valence-corrected chi connectivity index (χ2v) is 6.50. The number of hydrogen-bond donors (Lipinski definition) is 2. The molecule has 144 valence electrons. The van der Waals surface area contributed by atoms with Crippen LogP contribution in [0.15, 0.2) is 24.5 Å². The molecule has 0 amide bonds. The highest BCUT2D eigenvalue weighted by atomic mass is 16.6. The van der Waals surface area contributed by atoms with E-state index in [0.29, 0.717) is 6.54 Å². The molecule has 1 fully saturated rings. The van der Waals surface area contributed by atoms with E-state index < -0.39 is 4.92 Å². The van der Waals surface area contributed by atoms with Crippen molar-refractivity contribution in [2.24, 2.45) is 0 Å². The van der Waals surface area contributed by atoms with Crippen LogP contribution in [-0.4, -0.2) is 59.2 Å². The third-order valence-corrected chi connectivity index (χ3v) is 4.48. The van der Waals surface area contributed by atoms with E-state index in [1.165, 1.54) is 6.33 Å². The maximum absolute atomic E-state index is 11.7. The summed E-state index contributed by atoms with van der Waals surface area (Å²) in [5.41, 5.74) is 2.68. The van der Waals surface area contributed by atoms with Gasteiger partial charge in [0.2, 0.25) is 11.6 Å². The van der Waals surface area contributed by atoms with Crippen molar-refractivity contribution in [3.63, 3.8) is 0 Å². The third kappa shape index (κ3) is 4.89. The summed E-state index contributed by atoms with van der Waals surface area (Å²) in [5, 5.41) is 17.8. The zero-order chi connectivity index (χ0) is 19.2. The molecule has 1 aromatic heterocycles. The summed E-state index contributed by atoms with van der Waals surface area (Å²) in [6.07, 6.45) is 1.33. The van der Waals surface area contributed by atoms with Gasteiger partial charge in [0.05, 0.1) is 18.1 Å². The van der Waals surface area contributed by atoms with Gasteiger partial charge < -0.3 is 15.4 Å². The second-order valence-electron chi connectivity index (χ2n) is 6.50. The Labute approximate surface area is 157 Å². The molecular formula is C18H24N6O3. The molecule has 2 N–H and O–H groups in total. The van der Waals surface area contributed by atoms with Crippen LogP contribution in [0.1, 0.15) is 11.1 Å². The smallest absolute Gasteiger partial charge is 0.353 e. The first-order valence-corrected chi connectivity index (χ1v) is 8.92. The maximum Gasteiger partial charge on any atom is 0.353 e. The van der Waals surface area contributed by atoms with E-state index in [9.17, 15) is 10.1 Å². The summed E-state index contributed by atoms with van der Waals surface area (Å²) in [7, 11) is 0. The monoisotopic (exact) mass is 372 g/mol. The number of ether oxygens (including phenoxy) is 1. The zero-order valence-electron chi connectivity index (χ0n) is 15.6. The van der Waals surface area contributed by atoms with Crippen molar-refractivity contribution in [2.45, 2.75) is 13.8 Å². The van der Waals surface area contributed by atoms with Gasteiger partial charge in [-0.1, -0.05) is 12.1 Å². The molecule has 0 aliphatic carbocycles. The Balaban J connectivity index is 1.75. The lowest BCUT2D eigenvalue weighted by molar-refractivity contribution is -0.383. The van der Waals surface area contributed by atoms with Crippen LogP contribution in [0.4, 0.5) is 23.0 Å². The van der Waals surface area contributed by atoms with E-state index >= 15 is 0 Å². The van der Waals surface area contributed by atoms with E-state index in [1.807, 2.05) is 32.0 Å². The minimum Gasteiger partial charge on any atom is -0.379 e. The van der Waals surface area contributed by atoms with Crippen LogP contribution < -0.4 is 10.6 Å². The molecule has 9 nitrogen and oxygen atoms in total. The highest BCUT2D eigenvalue weighted by Gasteiger charge is 2.23. The molecule has 2 aromatic rings. The predicted octanol–water partition coefficient (Wildman–Crippen LogP) is 2.49. The van der Waals surface area contributed by atoms with E-state index in [2.05, 4.69) is 25.5 Å². The van der Waals surface area contributed by atoms with Crippen molar-refractivity contribution < 1.29 is 9.66 Å². The number of aryl methyl sites for hydroxylation is 2. The Morgan fingerprint density at radius 1 is 1.22 bits per heavy atom. The molecule has 0 bridgehead atoms. The number of aromatic nitrogens is 2. The minimum absolute atomic E-state index is 0.152. The Morgan fingerprint density at radius 2 is 1.96 bits per heavy atom. The van der Waals surface area contributed by atoms with Crippen LogP contribution in [0.3, 0.4) is 0 Å². The molecule has 3 rings (SSSR count). The van der Waals surface area contributed by atoms with Crippen LogP contribution in [0.2, 0.25) is 0 Å². The lowest BCUT2D eigenvalue weighted by Gasteiger charge is -2.26. The fourth-order valence-corrected chi connectivity index (χ4v) is 2.93. The van der Waals surface area contributed by atoms with E-state index in [4.69, 9.17) is 4.74 Å². The normalized spacial score (nSPS) is 14.7. The zero-order valence-corrected chi connectivity index (χ0v) is 15.6. The minimum atomic E-state index is -0.454. The van der Waals surface area contributed by atoms with E-state index in [-0.39, 0.29) is 17.3 Å². The van der Waals surface area contributed by atoms with Crippen molar-refractivity contribution in [2.75, 3.05) is 50.0 Å². The molecule has 0 atom stereocenters. The van der Waals surface area contributed by atoms with Gasteiger partial charge in [0.25, 0.3) is 0 Å². The fraction of sp³-hybridized carbons (Fsp3) is 0.444. The summed E-state index contributed by atoms with van der Waals surface area (Å²) in [6.45, 7) is 8.41. The van der Waals surface area contributed by atoms with Crippen LogP contribution in [0.25, 0.3) is 0 Å². The molecule has 1 aliphatic heterocycles. The Morgan fingerprint density at radius 3 is 2.70 bits per heavy atom. The Hall–Kier alpha value is -2.78. The molecule has 27 heavy (non-hydrogen) atoms. The maximum atomic E-state index is 11.7. The Bertz CT molecular complexity index is 808. The lowest BCUT2D eigenvalue weighted by Crippen LogP contribution is -2.39. The SMILES string of the molecule is Cc1ccc(C)c(Nc2ncnc(NCCN3CCOCC3)c2[N+](=O)[O-])c1. The molecule has 0 saturated carbocycles. The standard InChI is InChI=1S/C18H24N6O3/c1-13-3-4-14(2)15(11-13)22-18-16(24(25)26)17(20-12-21-18)19-5-6-23-7-9-27-10-8-23/h3-4,11-12H,5-10H2,1-2H3,(H2,19,20,21,22). The van der Waals surface area contributed by atoms with Gasteiger partial charge in [0.15, 0.2) is 0 Å². The summed E-state index contributed by atoms with van der Waals surface area (Å²) in [6, 6.07) is 5.90. The highest BCUT2D eigenvalue weighted by molar-refractivity contribution is 5.74. The number of nitrogens with one attached hydrogen (secondary N) is 2.